The average Bonchev–Trinajstić information content (AvgIpc) is 1.90. The largest absolute Gasteiger partial charge is 0.392 e. The van der Waals surface area contributed by atoms with Crippen LogP contribution in [0.1, 0.15) is 5.56 Å². The van der Waals surface area contributed by atoms with Gasteiger partial charge in [-0.15, -0.1) is 0 Å². The zero-order valence-corrected chi connectivity index (χ0v) is 5.31. The van der Waals surface area contributed by atoms with Gasteiger partial charge in [-0.05, 0) is 17.2 Å². The van der Waals surface area contributed by atoms with E-state index < -0.39 is 0 Å². The van der Waals surface area contributed by atoms with Gasteiger partial charge in [-0.25, -0.2) is 0 Å². The zero-order valence-electron chi connectivity index (χ0n) is 4.41. The maximum Gasteiger partial charge on any atom is 0.0682 e. The van der Waals surface area contributed by atoms with Crippen LogP contribution in [0.4, 0.5) is 0 Å². The molecule has 0 aliphatic rings. The third-order valence-corrected chi connectivity index (χ3v) is 1.57. The molecule has 42 valence electrons. The van der Waals surface area contributed by atoms with E-state index in [0.717, 1.165) is 5.56 Å². The van der Waals surface area contributed by atoms with E-state index in [2.05, 4.69) is 0 Å². The quantitative estimate of drug-likeness (QED) is 0.607. The topological polar surface area (TPSA) is 20.2 Å². The van der Waals surface area contributed by atoms with Gasteiger partial charge in [0.25, 0.3) is 0 Å². The SMILES string of the molecule is OCc1ccpcc1. The van der Waals surface area contributed by atoms with Crippen molar-refractivity contribution in [2.45, 2.75) is 6.61 Å². The van der Waals surface area contributed by atoms with Crippen molar-refractivity contribution < 1.29 is 5.11 Å². The van der Waals surface area contributed by atoms with E-state index in [4.69, 9.17) is 5.11 Å². The Morgan fingerprint density at radius 1 is 1.38 bits per heavy atom. The lowest BCUT2D eigenvalue weighted by atomic mass is 10.3. The summed E-state index contributed by atoms with van der Waals surface area (Å²) in [5, 5.41) is 8.55. The van der Waals surface area contributed by atoms with Crippen molar-refractivity contribution in [1.82, 2.24) is 0 Å². The molecule has 1 nitrogen and oxygen atoms in total. The highest BCUT2D eigenvalue weighted by molar-refractivity contribution is 7.28. The van der Waals surface area contributed by atoms with Crippen LogP contribution in [0.15, 0.2) is 23.7 Å². The third kappa shape index (κ3) is 1.29. The Morgan fingerprint density at radius 3 is 2.38 bits per heavy atom. The first-order valence-electron chi connectivity index (χ1n) is 2.43. The fraction of sp³-hybridized carbons (Fsp3) is 0.167. The summed E-state index contributed by atoms with van der Waals surface area (Å²) in [6.45, 7) is 0.155. The molecular weight excluding hydrogens is 119 g/mol. The second-order valence-corrected chi connectivity index (χ2v) is 2.41. The van der Waals surface area contributed by atoms with E-state index in [9.17, 15) is 0 Å². The van der Waals surface area contributed by atoms with Gasteiger partial charge in [-0.3, -0.25) is 0 Å². The van der Waals surface area contributed by atoms with Crippen LogP contribution < -0.4 is 0 Å². The Labute approximate surface area is 50.1 Å². The summed E-state index contributed by atoms with van der Waals surface area (Å²) in [7, 11) is 1.21. The van der Waals surface area contributed by atoms with Gasteiger partial charge in [-0.1, -0.05) is 20.3 Å². The minimum absolute atomic E-state index is 0.155. The fourth-order valence-corrected chi connectivity index (χ4v) is 1.14. The predicted octanol–water partition coefficient (Wildman–Crippen LogP) is 1.76. The third-order valence-electron chi connectivity index (χ3n) is 0.932. The summed E-state index contributed by atoms with van der Waals surface area (Å²) >= 11 is 0. The second kappa shape index (κ2) is 2.81. The Balaban J connectivity index is 2.83. The Kier molecular flexibility index (Phi) is 2.01. The van der Waals surface area contributed by atoms with Crippen LogP contribution in [-0.4, -0.2) is 5.11 Å². The van der Waals surface area contributed by atoms with Crippen LogP contribution in [0.2, 0.25) is 0 Å². The molecule has 1 aromatic heterocycles. The average molecular weight is 126 g/mol. The first-order chi connectivity index (χ1) is 3.93. The van der Waals surface area contributed by atoms with Crippen LogP contribution in [-0.2, 0) is 6.61 Å². The molecular formula is C6H7OP. The summed E-state index contributed by atoms with van der Waals surface area (Å²) in [6.07, 6.45) is 0. The van der Waals surface area contributed by atoms with E-state index in [1.54, 1.807) is 0 Å². The Bertz CT molecular complexity index is 150. The summed E-state index contributed by atoms with van der Waals surface area (Å²) in [6, 6.07) is 3.86. The number of aliphatic hydroxyl groups is 1. The molecule has 0 saturated heterocycles. The summed E-state index contributed by atoms with van der Waals surface area (Å²) in [5.41, 5.74) is 0.990. The molecule has 1 heterocycles. The highest BCUT2D eigenvalue weighted by Crippen LogP contribution is 2.05. The lowest BCUT2D eigenvalue weighted by molar-refractivity contribution is 0.282. The molecule has 0 atom stereocenters. The second-order valence-electron chi connectivity index (χ2n) is 1.51. The van der Waals surface area contributed by atoms with E-state index >= 15 is 0 Å². The molecule has 0 unspecified atom stereocenters. The molecule has 0 aliphatic carbocycles. The molecule has 0 radical (unpaired) electrons. The molecule has 0 amide bonds. The number of aliphatic hydroxyl groups excluding tert-OH is 1. The summed E-state index contributed by atoms with van der Waals surface area (Å²) < 4.78 is 0. The maximum atomic E-state index is 8.55. The van der Waals surface area contributed by atoms with Gasteiger partial charge in [0.1, 0.15) is 0 Å². The minimum atomic E-state index is 0.155. The standard InChI is InChI=1S/C6H7OP/c7-5-6-1-3-8-4-2-6/h1-4,7H,5H2. The van der Waals surface area contributed by atoms with E-state index in [1.165, 1.54) is 8.19 Å². The number of hydrogen-bond acceptors (Lipinski definition) is 1. The molecule has 2 heteroatoms. The van der Waals surface area contributed by atoms with Crippen molar-refractivity contribution in [1.29, 1.82) is 0 Å². The molecule has 0 spiro atoms. The van der Waals surface area contributed by atoms with Crippen molar-refractivity contribution in [2.75, 3.05) is 0 Å². The highest BCUT2D eigenvalue weighted by atomic mass is 31.0. The van der Waals surface area contributed by atoms with Gasteiger partial charge >= 0.3 is 0 Å². The van der Waals surface area contributed by atoms with Gasteiger partial charge < -0.3 is 5.11 Å². The lowest BCUT2D eigenvalue weighted by Crippen LogP contribution is -1.76. The highest BCUT2D eigenvalue weighted by Gasteiger charge is 1.81. The number of hydrogen-bond donors (Lipinski definition) is 1. The molecule has 0 fully saturated rings. The molecule has 8 heavy (non-hydrogen) atoms. The van der Waals surface area contributed by atoms with Crippen LogP contribution in [0.5, 0.6) is 0 Å². The molecule has 0 aliphatic heterocycles. The van der Waals surface area contributed by atoms with Crippen molar-refractivity contribution >= 4 is 8.19 Å². The summed E-state index contributed by atoms with van der Waals surface area (Å²) in [4.78, 5) is 0. The van der Waals surface area contributed by atoms with Gasteiger partial charge in [0.15, 0.2) is 0 Å². The Hall–Kier alpha value is -0.390. The summed E-state index contributed by atoms with van der Waals surface area (Å²) in [5.74, 6) is 4.01. The van der Waals surface area contributed by atoms with Gasteiger partial charge in [-0.2, -0.15) is 0 Å². The van der Waals surface area contributed by atoms with Crippen molar-refractivity contribution in [2.24, 2.45) is 0 Å². The minimum Gasteiger partial charge on any atom is -0.392 e. The zero-order chi connectivity index (χ0) is 5.82. The van der Waals surface area contributed by atoms with E-state index in [0.29, 0.717) is 0 Å². The monoisotopic (exact) mass is 126 g/mol. The maximum absolute atomic E-state index is 8.55. The fourth-order valence-electron chi connectivity index (χ4n) is 0.488. The molecule has 1 N–H and O–H groups in total. The first kappa shape index (κ1) is 5.74. The smallest absolute Gasteiger partial charge is 0.0682 e. The Morgan fingerprint density at radius 2 is 2.00 bits per heavy atom. The van der Waals surface area contributed by atoms with E-state index in [1.807, 2.05) is 23.7 Å². The molecule has 1 aromatic rings. The van der Waals surface area contributed by atoms with Crippen molar-refractivity contribution in [3.05, 3.63) is 29.3 Å². The normalized spacial score (nSPS) is 9.12. The lowest BCUT2D eigenvalue weighted by Gasteiger charge is -1.88. The van der Waals surface area contributed by atoms with Crippen molar-refractivity contribution in [3.63, 3.8) is 0 Å². The first-order valence-corrected chi connectivity index (χ1v) is 3.46. The van der Waals surface area contributed by atoms with Crippen LogP contribution in [0.25, 0.3) is 0 Å². The van der Waals surface area contributed by atoms with Crippen LogP contribution >= 0.6 is 8.19 Å². The number of rotatable bonds is 1. The molecule has 1 rings (SSSR count). The van der Waals surface area contributed by atoms with E-state index in [-0.39, 0.29) is 6.61 Å². The molecule has 0 saturated carbocycles. The van der Waals surface area contributed by atoms with Gasteiger partial charge in [0, 0.05) is 0 Å². The molecule has 0 aromatic carbocycles. The van der Waals surface area contributed by atoms with Crippen LogP contribution in [0.3, 0.4) is 0 Å². The molecule has 0 bridgehead atoms. The van der Waals surface area contributed by atoms with Gasteiger partial charge in [0.05, 0.1) is 6.61 Å². The van der Waals surface area contributed by atoms with Gasteiger partial charge in [0.2, 0.25) is 0 Å². The van der Waals surface area contributed by atoms with Crippen LogP contribution in [0, 0.1) is 0 Å². The van der Waals surface area contributed by atoms with Crippen molar-refractivity contribution in [3.8, 4) is 0 Å². The predicted molar refractivity (Wildman–Crippen MR) is 34.9 cm³/mol.